The zero-order chi connectivity index (χ0) is 26.1. The molecule has 2 aliphatic heterocycles. The molecule has 4 N–H and O–H groups in total. The average molecular weight is 513 g/mol. The van der Waals surface area contributed by atoms with Crippen molar-refractivity contribution in [2.75, 3.05) is 49.7 Å². The fraction of sp³-hybridized carbons (Fsp3) is 0.423. The van der Waals surface area contributed by atoms with E-state index in [1.165, 1.54) is 21.9 Å². The second-order valence-corrected chi connectivity index (χ2v) is 9.34. The number of hydrogen-bond acceptors (Lipinski definition) is 7. The number of ether oxygens (including phenoxy) is 2. The SMILES string of the molecule is NC1CCc2cc(NC(=O)C(O)C3OCCN(c4ccc(F)c(C(=O)N5CCOCC5)c4)C3=O)ccc21. The number of aliphatic hydroxyl groups is 1. The van der Waals surface area contributed by atoms with E-state index < -0.39 is 35.7 Å². The molecule has 3 atom stereocenters. The number of morpholine rings is 2. The molecule has 2 fully saturated rings. The lowest BCUT2D eigenvalue weighted by Crippen LogP contribution is -2.55. The molecule has 5 rings (SSSR count). The molecule has 0 saturated carbocycles. The summed E-state index contributed by atoms with van der Waals surface area (Å²) in [4.78, 5) is 41.7. The van der Waals surface area contributed by atoms with Gasteiger partial charge in [0.2, 0.25) is 0 Å². The molecule has 0 aromatic heterocycles. The number of fused-ring (bicyclic) bond motifs is 1. The summed E-state index contributed by atoms with van der Waals surface area (Å²) in [5.41, 5.74) is 8.73. The van der Waals surface area contributed by atoms with Crippen molar-refractivity contribution in [2.45, 2.75) is 31.1 Å². The Kier molecular flexibility index (Phi) is 7.20. The van der Waals surface area contributed by atoms with E-state index >= 15 is 0 Å². The first-order valence-electron chi connectivity index (χ1n) is 12.3. The highest BCUT2D eigenvalue weighted by molar-refractivity contribution is 6.04. The van der Waals surface area contributed by atoms with Crippen LogP contribution in [0.15, 0.2) is 36.4 Å². The molecule has 3 aliphatic rings. The summed E-state index contributed by atoms with van der Waals surface area (Å²) in [5.74, 6) is -2.64. The van der Waals surface area contributed by atoms with E-state index in [-0.39, 0.29) is 30.4 Å². The Morgan fingerprint density at radius 1 is 1.11 bits per heavy atom. The van der Waals surface area contributed by atoms with Gasteiger partial charge in [-0.3, -0.25) is 14.4 Å². The number of nitrogens with one attached hydrogen (secondary N) is 1. The molecule has 0 radical (unpaired) electrons. The summed E-state index contributed by atoms with van der Waals surface area (Å²) in [5, 5.41) is 13.3. The quantitative estimate of drug-likeness (QED) is 0.544. The fourth-order valence-corrected chi connectivity index (χ4v) is 4.95. The topological polar surface area (TPSA) is 134 Å². The molecule has 196 valence electrons. The normalized spacial score (nSPS) is 22.5. The van der Waals surface area contributed by atoms with Crippen LogP contribution in [0.3, 0.4) is 0 Å². The summed E-state index contributed by atoms with van der Waals surface area (Å²) in [6.07, 6.45) is -1.60. The molecule has 3 amide bonds. The average Bonchev–Trinajstić information content (AvgIpc) is 3.28. The number of carbonyl (C=O) groups is 3. The van der Waals surface area contributed by atoms with Crippen molar-refractivity contribution in [1.82, 2.24) is 4.90 Å². The number of aliphatic hydroxyl groups excluding tert-OH is 1. The van der Waals surface area contributed by atoms with Gasteiger partial charge in [0.25, 0.3) is 17.7 Å². The van der Waals surface area contributed by atoms with Crippen LogP contribution in [0.1, 0.15) is 33.9 Å². The molecule has 2 heterocycles. The van der Waals surface area contributed by atoms with Crippen molar-refractivity contribution >= 4 is 29.1 Å². The number of aryl methyl sites for hydroxylation is 1. The van der Waals surface area contributed by atoms with E-state index in [4.69, 9.17) is 15.2 Å². The van der Waals surface area contributed by atoms with Crippen molar-refractivity contribution in [3.63, 3.8) is 0 Å². The molecular weight excluding hydrogens is 483 g/mol. The Morgan fingerprint density at radius 3 is 2.68 bits per heavy atom. The minimum absolute atomic E-state index is 0.0271. The molecule has 3 unspecified atom stereocenters. The van der Waals surface area contributed by atoms with Crippen LogP contribution in [-0.4, -0.2) is 79.4 Å². The third kappa shape index (κ3) is 5.08. The summed E-state index contributed by atoms with van der Waals surface area (Å²) in [7, 11) is 0. The summed E-state index contributed by atoms with van der Waals surface area (Å²) >= 11 is 0. The van der Waals surface area contributed by atoms with Crippen LogP contribution in [0.25, 0.3) is 0 Å². The van der Waals surface area contributed by atoms with E-state index in [9.17, 15) is 23.9 Å². The highest BCUT2D eigenvalue weighted by Gasteiger charge is 2.40. The van der Waals surface area contributed by atoms with Crippen molar-refractivity contribution in [3.8, 4) is 0 Å². The molecule has 0 spiro atoms. The van der Waals surface area contributed by atoms with Crippen LogP contribution in [0.4, 0.5) is 15.8 Å². The van der Waals surface area contributed by atoms with Gasteiger partial charge in [-0.05, 0) is 54.3 Å². The molecule has 0 bridgehead atoms. The van der Waals surface area contributed by atoms with Crippen molar-refractivity contribution in [3.05, 3.63) is 58.9 Å². The van der Waals surface area contributed by atoms with Gasteiger partial charge in [-0.15, -0.1) is 0 Å². The van der Waals surface area contributed by atoms with Crippen molar-refractivity contribution < 1.29 is 33.4 Å². The van der Waals surface area contributed by atoms with Gasteiger partial charge in [0.15, 0.2) is 12.2 Å². The van der Waals surface area contributed by atoms with Crippen LogP contribution < -0.4 is 16.0 Å². The van der Waals surface area contributed by atoms with Gasteiger partial charge in [0.05, 0.1) is 25.4 Å². The van der Waals surface area contributed by atoms with Gasteiger partial charge < -0.3 is 35.4 Å². The Bertz CT molecular complexity index is 1220. The van der Waals surface area contributed by atoms with E-state index in [2.05, 4.69) is 5.32 Å². The van der Waals surface area contributed by atoms with Gasteiger partial charge in [0, 0.05) is 37.1 Å². The second-order valence-electron chi connectivity index (χ2n) is 9.34. The lowest BCUT2D eigenvalue weighted by molar-refractivity contribution is -0.150. The Labute approximate surface area is 213 Å². The predicted molar refractivity (Wildman–Crippen MR) is 132 cm³/mol. The third-order valence-electron chi connectivity index (χ3n) is 7.00. The lowest BCUT2D eigenvalue weighted by Gasteiger charge is -2.34. The number of nitrogens with two attached hydrogens (primary N) is 1. The zero-order valence-corrected chi connectivity index (χ0v) is 20.2. The Morgan fingerprint density at radius 2 is 1.89 bits per heavy atom. The highest BCUT2D eigenvalue weighted by Crippen LogP contribution is 2.31. The monoisotopic (exact) mass is 512 g/mol. The molecule has 10 nitrogen and oxygen atoms in total. The molecule has 11 heteroatoms. The van der Waals surface area contributed by atoms with Gasteiger partial charge >= 0.3 is 0 Å². The first kappa shape index (κ1) is 25.3. The number of rotatable bonds is 5. The molecule has 2 aromatic rings. The maximum atomic E-state index is 14.6. The number of hydrogen-bond donors (Lipinski definition) is 3. The van der Waals surface area contributed by atoms with E-state index in [1.807, 2.05) is 12.1 Å². The number of carbonyl (C=O) groups excluding carboxylic acids is 3. The third-order valence-corrected chi connectivity index (χ3v) is 7.00. The minimum atomic E-state index is -1.78. The van der Waals surface area contributed by atoms with Crippen molar-refractivity contribution in [1.29, 1.82) is 0 Å². The Balaban J connectivity index is 1.29. The number of amides is 3. The first-order chi connectivity index (χ1) is 17.8. The van der Waals surface area contributed by atoms with E-state index in [0.29, 0.717) is 32.0 Å². The predicted octanol–water partition coefficient (Wildman–Crippen LogP) is 0.976. The fourth-order valence-electron chi connectivity index (χ4n) is 4.95. The maximum absolute atomic E-state index is 14.6. The number of halogens is 1. The van der Waals surface area contributed by atoms with E-state index in [0.717, 1.165) is 30.0 Å². The summed E-state index contributed by atoms with van der Waals surface area (Å²) in [6, 6.07) is 9.17. The number of nitrogens with zero attached hydrogens (tertiary/aromatic N) is 2. The van der Waals surface area contributed by atoms with Crippen LogP contribution in [0.5, 0.6) is 0 Å². The molecule has 2 saturated heterocycles. The van der Waals surface area contributed by atoms with Gasteiger partial charge in [-0.1, -0.05) is 6.07 Å². The Hall–Kier alpha value is -3.38. The summed E-state index contributed by atoms with van der Waals surface area (Å²) < 4.78 is 25.3. The van der Waals surface area contributed by atoms with Gasteiger partial charge in [-0.25, -0.2) is 4.39 Å². The number of anilines is 2. The van der Waals surface area contributed by atoms with Crippen LogP contribution in [0.2, 0.25) is 0 Å². The minimum Gasteiger partial charge on any atom is -0.380 e. The lowest BCUT2D eigenvalue weighted by atomic mass is 10.1. The van der Waals surface area contributed by atoms with Crippen LogP contribution >= 0.6 is 0 Å². The largest absolute Gasteiger partial charge is 0.380 e. The smallest absolute Gasteiger partial charge is 0.259 e. The molecular formula is C26H29FN4O6. The van der Waals surface area contributed by atoms with Crippen LogP contribution in [0, 0.1) is 5.82 Å². The number of benzene rings is 2. The molecule has 1 aliphatic carbocycles. The standard InChI is InChI=1S/C26H29FN4O6/c27-20-5-3-17(14-19(20)25(34)30-7-10-36-11-8-30)31-9-12-37-23(26(31)35)22(32)24(33)29-16-2-4-18-15(13-16)1-6-21(18)28/h2-5,13-14,21-23,32H,1,6-12,28H2,(H,29,33). The molecule has 2 aromatic carbocycles. The maximum Gasteiger partial charge on any atom is 0.259 e. The van der Waals surface area contributed by atoms with Crippen molar-refractivity contribution in [2.24, 2.45) is 5.73 Å². The van der Waals surface area contributed by atoms with E-state index in [1.54, 1.807) is 6.07 Å². The van der Waals surface area contributed by atoms with Gasteiger partial charge in [0.1, 0.15) is 5.82 Å². The summed E-state index contributed by atoms with van der Waals surface area (Å²) in [6.45, 7) is 1.59. The second kappa shape index (κ2) is 10.5. The highest BCUT2D eigenvalue weighted by atomic mass is 19.1. The van der Waals surface area contributed by atoms with Crippen LogP contribution in [-0.2, 0) is 25.5 Å². The molecule has 37 heavy (non-hydrogen) atoms. The first-order valence-corrected chi connectivity index (χ1v) is 12.3. The van der Waals surface area contributed by atoms with Gasteiger partial charge in [-0.2, -0.15) is 0 Å². The zero-order valence-electron chi connectivity index (χ0n) is 20.2.